The Labute approximate surface area is 166 Å². The highest BCUT2D eigenvalue weighted by Crippen LogP contribution is 2.28. The molecule has 4 heterocycles. The van der Waals surface area contributed by atoms with Gasteiger partial charge in [0.25, 0.3) is 11.8 Å². The molecule has 0 aliphatic rings. The zero-order valence-corrected chi connectivity index (χ0v) is 15.7. The molecule has 0 bridgehead atoms. The second-order valence-electron chi connectivity index (χ2n) is 5.68. The summed E-state index contributed by atoms with van der Waals surface area (Å²) in [6.45, 7) is 0. The maximum Gasteiger partial charge on any atom is 0.276 e. The van der Waals surface area contributed by atoms with Gasteiger partial charge in [-0.3, -0.25) is 0 Å². The average Bonchev–Trinajstić information content (AvgIpc) is 3.37. The van der Waals surface area contributed by atoms with Gasteiger partial charge in [-0.05, 0) is 57.5 Å². The molecule has 4 aromatic heterocycles. The van der Waals surface area contributed by atoms with Crippen LogP contribution in [0.5, 0.6) is 5.88 Å². The maximum atomic E-state index is 5.84. The SMILES string of the molecule is Brc1ccc(-c2nc(-c3cccnc3On3nnc4ccccc43)no2)nc1. The first-order valence-corrected chi connectivity index (χ1v) is 8.97. The van der Waals surface area contributed by atoms with Crippen LogP contribution < -0.4 is 4.84 Å². The number of hydrogen-bond donors (Lipinski definition) is 0. The lowest BCUT2D eigenvalue weighted by molar-refractivity contribution is 0.177. The summed E-state index contributed by atoms with van der Waals surface area (Å²) in [7, 11) is 0. The average molecular weight is 436 g/mol. The van der Waals surface area contributed by atoms with Crippen LogP contribution >= 0.6 is 15.9 Å². The third kappa shape index (κ3) is 2.99. The Balaban J connectivity index is 1.51. The van der Waals surface area contributed by atoms with E-state index in [0.29, 0.717) is 34.0 Å². The van der Waals surface area contributed by atoms with Gasteiger partial charge in [0.15, 0.2) is 0 Å². The summed E-state index contributed by atoms with van der Waals surface area (Å²) < 4.78 is 6.21. The minimum Gasteiger partial charge on any atom is -0.335 e. The highest BCUT2D eigenvalue weighted by molar-refractivity contribution is 9.10. The van der Waals surface area contributed by atoms with E-state index in [-0.39, 0.29) is 5.88 Å². The van der Waals surface area contributed by atoms with Crippen LogP contribution in [-0.4, -0.2) is 35.3 Å². The van der Waals surface area contributed by atoms with Crippen LogP contribution in [0, 0.1) is 0 Å². The largest absolute Gasteiger partial charge is 0.335 e. The molecule has 0 radical (unpaired) electrons. The van der Waals surface area contributed by atoms with E-state index in [2.05, 4.69) is 46.4 Å². The van der Waals surface area contributed by atoms with Crippen LogP contribution in [0.3, 0.4) is 0 Å². The number of hydrogen-bond acceptors (Lipinski definition) is 8. The molecule has 0 spiro atoms. The minimum absolute atomic E-state index is 0.272. The Bertz CT molecular complexity index is 1270. The van der Waals surface area contributed by atoms with E-state index in [0.717, 1.165) is 4.47 Å². The van der Waals surface area contributed by atoms with Crippen molar-refractivity contribution in [2.45, 2.75) is 0 Å². The Morgan fingerprint density at radius 2 is 1.93 bits per heavy atom. The third-order valence-corrected chi connectivity index (χ3v) is 4.35. The summed E-state index contributed by atoms with van der Waals surface area (Å²) in [6.07, 6.45) is 3.27. The van der Waals surface area contributed by atoms with Crippen molar-refractivity contribution in [1.82, 2.24) is 35.3 Å². The second-order valence-corrected chi connectivity index (χ2v) is 6.60. The van der Waals surface area contributed by atoms with Crippen molar-refractivity contribution in [2.75, 3.05) is 0 Å². The predicted molar refractivity (Wildman–Crippen MR) is 102 cm³/mol. The topological polar surface area (TPSA) is 105 Å². The molecule has 0 atom stereocenters. The van der Waals surface area contributed by atoms with Crippen LogP contribution in [-0.2, 0) is 0 Å². The van der Waals surface area contributed by atoms with Gasteiger partial charge in [-0.2, -0.15) is 4.98 Å². The van der Waals surface area contributed by atoms with E-state index in [9.17, 15) is 0 Å². The summed E-state index contributed by atoms with van der Waals surface area (Å²) in [4.78, 5) is 20.1. The molecule has 0 saturated carbocycles. The van der Waals surface area contributed by atoms with E-state index in [4.69, 9.17) is 9.36 Å². The zero-order chi connectivity index (χ0) is 18.9. The van der Waals surface area contributed by atoms with Crippen molar-refractivity contribution >= 4 is 27.0 Å². The lowest BCUT2D eigenvalue weighted by Crippen LogP contribution is -2.09. The molecule has 136 valence electrons. The third-order valence-electron chi connectivity index (χ3n) is 3.88. The number of fused-ring (bicyclic) bond motifs is 1. The fourth-order valence-corrected chi connectivity index (χ4v) is 2.80. The molecule has 1 aromatic carbocycles. The Morgan fingerprint density at radius 3 is 2.82 bits per heavy atom. The summed E-state index contributed by atoms with van der Waals surface area (Å²) in [5.74, 6) is 0.894. The van der Waals surface area contributed by atoms with Gasteiger partial charge in [-0.1, -0.05) is 22.1 Å². The molecule has 0 fully saturated rings. The Morgan fingerprint density at radius 1 is 1.00 bits per heavy atom. The van der Waals surface area contributed by atoms with Crippen molar-refractivity contribution in [2.24, 2.45) is 0 Å². The van der Waals surface area contributed by atoms with Crippen molar-refractivity contribution in [3.8, 4) is 28.9 Å². The fraction of sp³-hybridized carbons (Fsp3) is 0. The van der Waals surface area contributed by atoms with Crippen LogP contribution in [0.25, 0.3) is 34.0 Å². The first-order chi connectivity index (χ1) is 13.8. The molecule has 28 heavy (non-hydrogen) atoms. The van der Waals surface area contributed by atoms with E-state index >= 15 is 0 Å². The zero-order valence-electron chi connectivity index (χ0n) is 14.1. The van der Waals surface area contributed by atoms with Crippen LogP contribution in [0.4, 0.5) is 0 Å². The van der Waals surface area contributed by atoms with Gasteiger partial charge in [-0.15, -0.1) is 5.10 Å². The fourth-order valence-electron chi connectivity index (χ4n) is 2.57. The van der Waals surface area contributed by atoms with Crippen molar-refractivity contribution in [1.29, 1.82) is 0 Å². The molecule has 5 aromatic rings. The van der Waals surface area contributed by atoms with Gasteiger partial charge in [-0.25, -0.2) is 9.97 Å². The number of para-hydroxylation sites is 1. The Kier molecular flexibility index (Phi) is 4.02. The highest BCUT2D eigenvalue weighted by atomic mass is 79.9. The molecule has 10 heteroatoms. The van der Waals surface area contributed by atoms with E-state index < -0.39 is 0 Å². The first-order valence-electron chi connectivity index (χ1n) is 8.18. The lowest BCUT2D eigenvalue weighted by atomic mass is 10.2. The van der Waals surface area contributed by atoms with Gasteiger partial charge >= 0.3 is 0 Å². The van der Waals surface area contributed by atoms with Gasteiger partial charge in [0, 0.05) is 16.9 Å². The molecule has 0 saturated heterocycles. The first kappa shape index (κ1) is 16.5. The number of halogens is 1. The molecule has 5 rings (SSSR count). The maximum absolute atomic E-state index is 5.84. The molecular formula is C18H10BrN7O2. The van der Waals surface area contributed by atoms with Gasteiger partial charge < -0.3 is 9.36 Å². The summed E-state index contributed by atoms with van der Waals surface area (Å²) in [6, 6.07) is 14.6. The summed E-state index contributed by atoms with van der Waals surface area (Å²) in [5.41, 5.74) is 2.54. The highest BCUT2D eigenvalue weighted by Gasteiger charge is 2.18. The Hall–Kier alpha value is -3.66. The predicted octanol–water partition coefficient (Wildman–Crippen LogP) is 3.54. The number of pyridine rings is 2. The van der Waals surface area contributed by atoms with Crippen LogP contribution in [0.1, 0.15) is 0 Å². The summed E-state index contributed by atoms with van der Waals surface area (Å²) in [5, 5.41) is 12.1. The monoisotopic (exact) mass is 435 g/mol. The van der Waals surface area contributed by atoms with Gasteiger partial charge in [0.05, 0.1) is 5.56 Å². The van der Waals surface area contributed by atoms with Crippen LogP contribution in [0.2, 0.25) is 0 Å². The molecule has 0 N–H and O–H groups in total. The molecule has 0 unspecified atom stereocenters. The van der Waals surface area contributed by atoms with E-state index in [1.54, 1.807) is 30.6 Å². The van der Waals surface area contributed by atoms with E-state index in [1.807, 2.05) is 30.3 Å². The second kappa shape index (κ2) is 6.82. The quantitative estimate of drug-likeness (QED) is 0.421. The van der Waals surface area contributed by atoms with Gasteiger partial charge in [0.1, 0.15) is 16.7 Å². The standard InChI is InChI=1S/C18H10BrN7O2/c19-11-7-8-14(21-10-11)18-22-16(24-27-18)12-4-3-9-20-17(12)28-26-15-6-2-1-5-13(15)23-25-26/h1-10H. The lowest BCUT2D eigenvalue weighted by Gasteiger charge is -2.06. The molecule has 9 nitrogen and oxygen atoms in total. The summed E-state index contributed by atoms with van der Waals surface area (Å²) >= 11 is 3.35. The molecule has 0 aliphatic heterocycles. The molecular weight excluding hydrogens is 426 g/mol. The van der Waals surface area contributed by atoms with Crippen LogP contribution in [0.15, 0.2) is 69.9 Å². The van der Waals surface area contributed by atoms with Crippen molar-refractivity contribution in [3.63, 3.8) is 0 Å². The van der Waals surface area contributed by atoms with Gasteiger partial charge in [0.2, 0.25) is 5.82 Å². The van der Waals surface area contributed by atoms with Crippen molar-refractivity contribution < 1.29 is 9.36 Å². The smallest absolute Gasteiger partial charge is 0.276 e. The van der Waals surface area contributed by atoms with E-state index in [1.165, 1.54) is 4.85 Å². The number of rotatable bonds is 4. The minimum atomic E-state index is 0.272. The normalized spacial score (nSPS) is 11.0. The molecule has 0 aliphatic carbocycles. The number of benzene rings is 1. The molecule has 0 amide bonds. The van der Waals surface area contributed by atoms with Crippen molar-refractivity contribution in [3.05, 3.63) is 65.4 Å². The number of aromatic nitrogens is 7. The number of nitrogens with zero attached hydrogens (tertiary/aromatic N) is 7.